The number of hydrogen-bond donors (Lipinski definition) is 1. The van der Waals surface area contributed by atoms with E-state index in [1.54, 1.807) is 18.3 Å². The number of pyridine rings is 2. The van der Waals surface area contributed by atoms with Gasteiger partial charge in [0.05, 0.1) is 22.6 Å². The Balaban J connectivity index is 0.00000274. The Morgan fingerprint density at radius 3 is 2.71 bits per heavy atom. The molecule has 1 N–H and O–H groups in total. The van der Waals surface area contributed by atoms with E-state index in [9.17, 15) is 18.0 Å². The first-order valence-corrected chi connectivity index (χ1v) is 10.8. The SMILES string of the molecule is CN1CCCN(c2ncccc2-c2ccc3c4[nH]ncc4c(=O)n(CC(F)(F)F)c3c2)CC1.Cl. The van der Waals surface area contributed by atoms with E-state index in [0.29, 0.717) is 16.5 Å². The first-order chi connectivity index (χ1) is 15.8. The third kappa shape index (κ3) is 4.47. The zero-order chi connectivity index (χ0) is 23.2. The fourth-order valence-corrected chi connectivity index (χ4v) is 4.51. The molecule has 34 heavy (non-hydrogen) atoms. The molecule has 3 aromatic heterocycles. The van der Waals surface area contributed by atoms with E-state index in [4.69, 9.17) is 0 Å². The van der Waals surface area contributed by atoms with Gasteiger partial charge in [-0.2, -0.15) is 18.3 Å². The molecule has 0 radical (unpaired) electrons. The van der Waals surface area contributed by atoms with E-state index in [1.165, 1.54) is 6.20 Å². The molecule has 1 fully saturated rings. The lowest BCUT2D eigenvalue weighted by Gasteiger charge is -2.24. The maximum atomic E-state index is 13.4. The Bertz CT molecular complexity index is 1380. The van der Waals surface area contributed by atoms with Gasteiger partial charge in [0.25, 0.3) is 5.56 Å². The number of anilines is 1. The molecule has 0 unspecified atom stereocenters. The number of H-pyrrole nitrogens is 1. The minimum atomic E-state index is -4.54. The van der Waals surface area contributed by atoms with Gasteiger partial charge in [0, 0.05) is 36.8 Å². The molecule has 7 nitrogen and oxygen atoms in total. The summed E-state index contributed by atoms with van der Waals surface area (Å²) in [5.74, 6) is 0.791. The van der Waals surface area contributed by atoms with E-state index in [1.807, 2.05) is 18.2 Å². The van der Waals surface area contributed by atoms with Crippen molar-refractivity contribution in [1.82, 2.24) is 24.6 Å². The van der Waals surface area contributed by atoms with Crippen LogP contribution < -0.4 is 10.5 Å². The van der Waals surface area contributed by atoms with Crippen LogP contribution in [0.25, 0.3) is 32.9 Å². The molecule has 0 atom stereocenters. The molecule has 1 aromatic carbocycles. The normalized spacial score (nSPS) is 15.5. The van der Waals surface area contributed by atoms with E-state index >= 15 is 0 Å². The summed E-state index contributed by atoms with van der Waals surface area (Å²) in [6.07, 6.45) is -0.551. The van der Waals surface area contributed by atoms with Crippen LogP contribution in [0.4, 0.5) is 19.0 Å². The number of nitrogens with one attached hydrogen (secondary N) is 1. The average Bonchev–Trinajstić information content (AvgIpc) is 3.18. The van der Waals surface area contributed by atoms with Crippen molar-refractivity contribution in [3.05, 3.63) is 53.1 Å². The number of benzene rings is 1. The number of nitrogens with zero attached hydrogens (tertiary/aromatic N) is 5. The molecule has 180 valence electrons. The molecule has 11 heteroatoms. The van der Waals surface area contributed by atoms with Gasteiger partial charge in [-0.25, -0.2) is 4.98 Å². The lowest BCUT2D eigenvalue weighted by atomic mass is 10.0. The second-order valence-corrected chi connectivity index (χ2v) is 8.42. The van der Waals surface area contributed by atoms with Gasteiger partial charge in [0.15, 0.2) is 0 Å². The van der Waals surface area contributed by atoms with E-state index in [0.717, 1.165) is 48.5 Å². The van der Waals surface area contributed by atoms with Gasteiger partial charge < -0.3 is 9.80 Å². The monoisotopic (exact) mass is 492 g/mol. The Morgan fingerprint density at radius 2 is 1.91 bits per heavy atom. The van der Waals surface area contributed by atoms with Crippen LogP contribution in [0.3, 0.4) is 0 Å². The summed E-state index contributed by atoms with van der Waals surface area (Å²) in [4.78, 5) is 22.0. The molecule has 0 amide bonds. The first kappa shape index (κ1) is 24.0. The van der Waals surface area contributed by atoms with Gasteiger partial charge in [-0.15, -0.1) is 12.4 Å². The number of aromatic amines is 1. The molecule has 1 saturated heterocycles. The van der Waals surface area contributed by atoms with Crippen LogP contribution in [-0.4, -0.2) is 64.1 Å². The highest BCUT2D eigenvalue weighted by Gasteiger charge is 2.30. The summed E-state index contributed by atoms with van der Waals surface area (Å²) in [7, 11) is 2.09. The topological polar surface area (TPSA) is 70.1 Å². The zero-order valence-corrected chi connectivity index (χ0v) is 19.3. The molecular formula is C23H24ClF3N6O. The molecular weight excluding hydrogens is 469 g/mol. The molecule has 4 aromatic rings. The molecule has 0 bridgehead atoms. The lowest BCUT2D eigenvalue weighted by molar-refractivity contribution is -0.140. The molecule has 0 spiro atoms. The highest BCUT2D eigenvalue weighted by atomic mass is 35.5. The molecule has 1 aliphatic rings. The number of alkyl halides is 3. The maximum absolute atomic E-state index is 13.4. The first-order valence-electron chi connectivity index (χ1n) is 10.8. The maximum Gasteiger partial charge on any atom is 0.406 e. The zero-order valence-electron chi connectivity index (χ0n) is 18.5. The largest absolute Gasteiger partial charge is 0.406 e. The van der Waals surface area contributed by atoms with Gasteiger partial charge in [-0.05, 0) is 43.8 Å². The van der Waals surface area contributed by atoms with Gasteiger partial charge >= 0.3 is 6.18 Å². The van der Waals surface area contributed by atoms with Crippen molar-refractivity contribution in [3.63, 3.8) is 0 Å². The minimum absolute atomic E-state index is 0. The number of fused-ring (bicyclic) bond motifs is 3. The smallest absolute Gasteiger partial charge is 0.355 e. The molecule has 0 saturated carbocycles. The van der Waals surface area contributed by atoms with Crippen molar-refractivity contribution in [2.45, 2.75) is 19.1 Å². The van der Waals surface area contributed by atoms with E-state index < -0.39 is 18.3 Å². The standard InChI is InChI=1S/C23H23F3N6O.ClH/c1-30-8-3-9-31(11-10-30)21-16(4-2-7-27-21)15-5-6-17-19(12-15)32(14-23(24,25)26)22(33)18-13-28-29-20(17)18;/h2,4-7,12-13H,3,8-11,14H2,1H3,(H,28,29);1H. The molecule has 5 rings (SSSR count). The quantitative estimate of drug-likeness (QED) is 0.467. The Morgan fingerprint density at radius 1 is 1.09 bits per heavy atom. The van der Waals surface area contributed by atoms with E-state index in [-0.39, 0.29) is 23.3 Å². The van der Waals surface area contributed by atoms with Gasteiger partial charge in [-0.1, -0.05) is 12.1 Å². The highest BCUT2D eigenvalue weighted by molar-refractivity contribution is 6.04. The van der Waals surface area contributed by atoms with Crippen molar-refractivity contribution in [3.8, 4) is 11.1 Å². The second kappa shape index (κ2) is 9.27. The van der Waals surface area contributed by atoms with Crippen molar-refractivity contribution in [1.29, 1.82) is 0 Å². The van der Waals surface area contributed by atoms with Gasteiger partial charge in [0.1, 0.15) is 12.4 Å². The summed E-state index contributed by atoms with van der Waals surface area (Å²) in [6.45, 7) is 2.18. The summed E-state index contributed by atoms with van der Waals surface area (Å²) < 4.78 is 40.9. The van der Waals surface area contributed by atoms with Crippen molar-refractivity contribution < 1.29 is 13.2 Å². The fraction of sp³-hybridized carbons (Fsp3) is 0.348. The Labute approximate surface area is 199 Å². The Kier molecular flexibility index (Phi) is 6.55. The average molecular weight is 493 g/mol. The number of likely N-dealkylation sites (N-methyl/N-ethyl adjacent to an activating group) is 1. The van der Waals surface area contributed by atoms with Crippen LogP contribution in [-0.2, 0) is 6.54 Å². The van der Waals surface area contributed by atoms with Crippen LogP contribution in [0.1, 0.15) is 6.42 Å². The third-order valence-electron chi connectivity index (χ3n) is 6.13. The number of rotatable bonds is 3. The van der Waals surface area contributed by atoms with Crippen LogP contribution in [0.2, 0.25) is 0 Å². The van der Waals surface area contributed by atoms with Crippen LogP contribution in [0.5, 0.6) is 0 Å². The lowest BCUT2D eigenvalue weighted by Crippen LogP contribution is -2.29. The van der Waals surface area contributed by atoms with Gasteiger partial charge in [0.2, 0.25) is 0 Å². The number of hydrogen-bond acceptors (Lipinski definition) is 5. The molecule has 4 heterocycles. The summed E-state index contributed by atoms with van der Waals surface area (Å²) in [5, 5.41) is 7.28. The van der Waals surface area contributed by atoms with Crippen molar-refractivity contribution in [2.75, 3.05) is 38.1 Å². The van der Waals surface area contributed by atoms with Crippen LogP contribution in [0.15, 0.2) is 47.5 Å². The van der Waals surface area contributed by atoms with Gasteiger partial charge in [-0.3, -0.25) is 14.5 Å². The van der Waals surface area contributed by atoms with Crippen molar-refractivity contribution in [2.24, 2.45) is 0 Å². The number of halogens is 4. The molecule has 0 aliphatic carbocycles. The van der Waals surface area contributed by atoms with E-state index in [2.05, 4.69) is 32.0 Å². The Hall–Kier alpha value is -3.11. The molecule has 1 aliphatic heterocycles. The minimum Gasteiger partial charge on any atom is -0.355 e. The van der Waals surface area contributed by atoms with Crippen molar-refractivity contribution >= 4 is 40.0 Å². The van der Waals surface area contributed by atoms with Crippen LogP contribution >= 0.6 is 12.4 Å². The predicted octanol–water partition coefficient (Wildman–Crippen LogP) is 4.07. The highest BCUT2D eigenvalue weighted by Crippen LogP contribution is 2.33. The second-order valence-electron chi connectivity index (χ2n) is 8.42. The van der Waals surface area contributed by atoms with Crippen LogP contribution in [0, 0.1) is 0 Å². The summed E-state index contributed by atoms with van der Waals surface area (Å²) in [6, 6.07) is 8.97. The summed E-state index contributed by atoms with van der Waals surface area (Å²) >= 11 is 0. The third-order valence-corrected chi connectivity index (χ3v) is 6.13. The predicted molar refractivity (Wildman–Crippen MR) is 129 cm³/mol. The fourth-order valence-electron chi connectivity index (χ4n) is 4.51. The summed E-state index contributed by atoms with van der Waals surface area (Å²) in [5.41, 5.74) is 1.44. The number of aromatic nitrogens is 4.